The summed E-state index contributed by atoms with van der Waals surface area (Å²) in [6, 6.07) is -0.619. The van der Waals surface area contributed by atoms with E-state index in [2.05, 4.69) is 0 Å². The van der Waals surface area contributed by atoms with Gasteiger partial charge >= 0.3 is 5.97 Å². The Balaban J connectivity index is 2.43. The minimum absolute atomic E-state index is 0.00782. The fourth-order valence-electron chi connectivity index (χ4n) is 1.58. The monoisotopic (exact) mass is 185 g/mol. The van der Waals surface area contributed by atoms with Gasteiger partial charge in [0.15, 0.2) is 0 Å². The average Bonchev–Trinajstić information content (AvgIpc) is 2.51. The highest BCUT2D eigenvalue weighted by molar-refractivity contribution is 5.83. The molecule has 4 nitrogen and oxygen atoms in total. The number of esters is 1. The van der Waals surface area contributed by atoms with Crippen LogP contribution in [0, 0.1) is 5.92 Å². The van der Waals surface area contributed by atoms with E-state index in [4.69, 9.17) is 10.5 Å². The second-order valence-electron chi connectivity index (χ2n) is 3.32. The molecule has 1 rings (SSSR count). The lowest BCUT2D eigenvalue weighted by Crippen LogP contribution is -2.38. The molecule has 0 saturated heterocycles. The molecule has 2 atom stereocenters. The lowest BCUT2D eigenvalue weighted by Gasteiger charge is -2.15. The predicted octanol–water partition coefficient (Wildman–Crippen LogP) is 0.246. The van der Waals surface area contributed by atoms with Crippen molar-refractivity contribution in [1.29, 1.82) is 0 Å². The predicted molar refractivity (Wildman–Crippen MR) is 47.0 cm³/mol. The van der Waals surface area contributed by atoms with Gasteiger partial charge in [-0.15, -0.1) is 0 Å². The standard InChI is InChI=1S/C9H15NO3/c1-2-13-9(12)8(10)6-3-4-7(11)5-6/h6,8H,2-5,10H2,1H3. The van der Waals surface area contributed by atoms with Crippen molar-refractivity contribution < 1.29 is 14.3 Å². The van der Waals surface area contributed by atoms with Crippen molar-refractivity contribution in [2.24, 2.45) is 11.7 Å². The van der Waals surface area contributed by atoms with Crippen molar-refractivity contribution in [2.45, 2.75) is 32.2 Å². The number of carbonyl (C=O) groups is 2. The number of Topliss-reactive ketones (excluding diaryl/α,β-unsaturated/α-hetero) is 1. The number of nitrogens with two attached hydrogens (primary N) is 1. The van der Waals surface area contributed by atoms with Crippen LogP contribution < -0.4 is 5.73 Å². The largest absolute Gasteiger partial charge is 0.465 e. The van der Waals surface area contributed by atoms with E-state index in [1.165, 1.54) is 0 Å². The van der Waals surface area contributed by atoms with Crippen LogP contribution in [0.25, 0.3) is 0 Å². The topological polar surface area (TPSA) is 69.4 Å². The Hall–Kier alpha value is -0.900. The van der Waals surface area contributed by atoms with Gasteiger partial charge in [-0.2, -0.15) is 0 Å². The average molecular weight is 185 g/mol. The number of rotatable bonds is 3. The molecule has 0 spiro atoms. The van der Waals surface area contributed by atoms with Crippen molar-refractivity contribution in [2.75, 3.05) is 6.61 Å². The summed E-state index contributed by atoms with van der Waals surface area (Å²) in [6.07, 6.45) is 1.70. The molecule has 1 aliphatic rings. The van der Waals surface area contributed by atoms with Gasteiger partial charge in [0.05, 0.1) is 6.61 Å². The van der Waals surface area contributed by atoms with E-state index in [-0.39, 0.29) is 17.7 Å². The van der Waals surface area contributed by atoms with E-state index in [1.807, 2.05) is 0 Å². The molecular weight excluding hydrogens is 170 g/mol. The molecule has 0 aromatic heterocycles. The van der Waals surface area contributed by atoms with Crippen LogP contribution >= 0.6 is 0 Å². The minimum atomic E-state index is -0.619. The summed E-state index contributed by atoms with van der Waals surface area (Å²) in [5.41, 5.74) is 5.64. The third kappa shape index (κ3) is 2.52. The van der Waals surface area contributed by atoms with E-state index in [0.717, 1.165) is 6.42 Å². The van der Waals surface area contributed by atoms with Crippen LogP contribution in [0.1, 0.15) is 26.2 Å². The molecular formula is C9H15NO3. The van der Waals surface area contributed by atoms with Crippen LogP contribution in [0.5, 0.6) is 0 Å². The Morgan fingerprint density at radius 2 is 2.46 bits per heavy atom. The van der Waals surface area contributed by atoms with Gasteiger partial charge in [0, 0.05) is 12.8 Å². The number of ether oxygens (including phenoxy) is 1. The molecule has 0 bridgehead atoms. The molecule has 2 N–H and O–H groups in total. The van der Waals surface area contributed by atoms with Gasteiger partial charge in [-0.25, -0.2) is 0 Å². The van der Waals surface area contributed by atoms with Crippen LogP contribution in [-0.2, 0) is 14.3 Å². The molecule has 1 aliphatic carbocycles. The van der Waals surface area contributed by atoms with E-state index in [0.29, 0.717) is 19.4 Å². The number of carbonyl (C=O) groups excluding carboxylic acids is 2. The summed E-state index contributed by atoms with van der Waals surface area (Å²) in [4.78, 5) is 22.1. The highest BCUT2D eigenvalue weighted by Crippen LogP contribution is 2.24. The quantitative estimate of drug-likeness (QED) is 0.640. The van der Waals surface area contributed by atoms with E-state index in [1.54, 1.807) is 6.92 Å². The van der Waals surface area contributed by atoms with E-state index in [9.17, 15) is 9.59 Å². The van der Waals surface area contributed by atoms with Gasteiger partial charge in [0.1, 0.15) is 11.8 Å². The summed E-state index contributed by atoms with van der Waals surface area (Å²) < 4.78 is 4.78. The van der Waals surface area contributed by atoms with Crippen LogP contribution in [-0.4, -0.2) is 24.4 Å². The first kappa shape index (κ1) is 10.2. The molecule has 0 aromatic rings. The third-order valence-electron chi connectivity index (χ3n) is 2.35. The Bertz CT molecular complexity index is 215. The summed E-state index contributed by atoms with van der Waals surface area (Å²) in [7, 11) is 0. The van der Waals surface area contributed by atoms with Crippen molar-refractivity contribution >= 4 is 11.8 Å². The smallest absolute Gasteiger partial charge is 0.323 e. The van der Waals surface area contributed by atoms with Crippen molar-refractivity contribution in [1.82, 2.24) is 0 Å². The highest BCUT2D eigenvalue weighted by Gasteiger charge is 2.32. The van der Waals surface area contributed by atoms with Gasteiger partial charge in [0.25, 0.3) is 0 Å². The van der Waals surface area contributed by atoms with E-state index < -0.39 is 6.04 Å². The van der Waals surface area contributed by atoms with Gasteiger partial charge in [0.2, 0.25) is 0 Å². The Labute approximate surface area is 77.4 Å². The molecule has 0 aromatic carbocycles. The Morgan fingerprint density at radius 3 is 2.92 bits per heavy atom. The summed E-state index contributed by atoms with van der Waals surface area (Å²) in [5.74, 6) is -0.196. The maximum absolute atomic E-state index is 11.2. The third-order valence-corrected chi connectivity index (χ3v) is 2.35. The zero-order valence-electron chi connectivity index (χ0n) is 7.79. The van der Waals surface area contributed by atoms with Crippen molar-refractivity contribution in [3.05, 3.63) is 0 Å². The first-order valence-electron chi connectivity index (χ1n) is 4.59. The SMILES string of the molecule is CCOC(=O)C(N)C1CCC(=O)C1. The Morgan fingerprint density at radius 1 is 1.77 bits per heavy atom. The first-order valence-corrected chi connectivity index (χ1v) is 4.59. The van der Waals surface area contributed by atoms with Gasteiger partial charge < -0.3 is 10.5 Å². The van der Waals surface area contributed by atoms with Gasteiger partial charge in [-0.3, -0.25) is 9.59 Å². The molecule has 74 valence electrons. The zero-order chi connectivity index (χ0) is 9.84. The van der Waals surface area contributed by atoms with Gasteiger partial charge in [-0.05, 0) is 19.3 Å². The lowest BCUT2D eigenvalue weighted by molar-refractivity contribution is -0.146. The summed E-state index contributed by atoms with van der Waals surface area (Å²) in [6.45, 7) is 2.08. The fraction of sp³-hybridized carbons (Fsp3) is 0.778. The summed E-state index contributed by atoms with van der Waals surface area (Å²) in [5, 5.41) is 0. The van der Waals surface area contributed by atoms with Gasteiger partial charge in [-0.1, -0.05) is 0 Å². The normalized spacial score (nSPS) is 24.5. The van der Waals surface area contributed by atoms with Crippen LogP contribution in [0.2, 0.25) is 0 Å². The first-order chi connectivity index (χ1) is 6.15. The number of hydrogen-bond acceptors (Lipinski definition) is 4. The number of hydrogen-bond donors (Lipinski definition) is 1. The van der Waals surface area contributed by atoms with Crippen molar-refractivity contribution in [3.63, 3.8) is 0 Å². The van der Waals surface area contributed by atoms with Crippen LogP contribution in [0.3, 0.4) is 0 Å². The van der Waals surface area contributed by atoms with Crippen LogP contribution in [0.4, 0.5) is 0 Å². The summed E-state index contributed by atoms with van der Waals surface area (Å²) >= 11 is 0. The maximum Gasteiger partial charge on any atom is 0.323 e. The second-order valence-corrected chi connectivity index (χ2v) is 3.32. The molecule has 0 radical (unpaired) electrons. The zero-order valence-corrected chi connectivity index (χ0v) is 7.79. The molecule has 0 heterocycles. The molecule has 1 fully saturated rings. The second kappa shape index (κ2) is 4.37. The molecule has 0 aliphatic heterocycles. The molecule has 13 heavy (non-hydrogen) atoms. The minimum Gasteiger partial charge on any atom is -0.465 e. The molecule has 1 saturated carbocycles. The molecule has 2 unspecified atom stereocenters. The molecule has 0 amide bonds. The maximum atomic E-state index is 11.2. The Kier molecular flexibility index (Phi) is 3.42. The molecule has 4 heteroatoms. The number of ketones is 1. The van der Waals surface area contributed by atoms with Crippen molar-refractivity contribution in [3.8, 4) is 0 Å². The lowest BCUT2D eigenvalue weighted by atomic mass is 9.99. The van der Waals surface area contributed by atoms with Crippen LogP contribution in [0.15, 0.2) is 0 Å². The highest BCUT2D eigenvalue weighted by atomic mass is 16.5. The fourth-order valence-corrected chi connectivity index (χ4v) is 1.58. The van der Waals surface area contributed by atoms with E-state index >= 15 is 0 Å².